The van der Waals surface area contributed by atoms with Crippen LogP contribution in [-0.4, -0.2) is 52.7 Å². The van der Waals surface area contributed by atoms with Gasteiger partial charge in [-0.05, 0) is 20.8 Å². The van der Waals surface area contributed by atoms with Gasteiger partial charge in [0, 0.05) is 44.1 Å². The topological polar surface area (TPSA) is 67.3 Å². The van der Waals surface area contributed by atoms with Crippen LogP contribution < -0.4 is 14.5 Å². The maximum Gasteiger partial charge on any atom is 0.228 e. The number of nitrogens with zero attached hydrogens (tertiary/aromatic N) is 6. The van der Waals surface area contributed by atoms with Crippen LogP contribution in [0, 0.1) is 13.8 Å². The Morgan fingerprint density at radius 3 is 2.39 bits per heavy atom. The number of anilines is 2. The first-order valence-corrected chi connectivity index (χ1v) is 7.92. The molecule has 0 amide bonds. The summed E-state index contributed by atoms with van der Waals surface area (Å²) in [5.74, 6) is 2.32. The van der Waals surface area contributed by atoms with Crippen LogP contribution >= 0.6 is 0 Å². The van der Waals surface area contributed by atoms with Gasteiger partial charge >= 0.3 is 0 Å². The van der Waals surface area contributed by atoms with E-state index in [1.807, 2.05) is 33.0 Å². The molecule has 23 heavy (non-hydrogen) atoms. The van der Waals surface area contributed by atoms with E-state index in [1.54, 1.807) is 6.20 Å². The standard InChI is InChI=1S/C16H22N6O/c1-4-23-15-9-12(2)19-16(20-15)22-7-5-21(6-8-22)14-11-17-10-13(3)18-14/h9-11H,4-8H2,1-3H3. The van der Waals surface area contributed by atoms with E-state index in [9.17, 15) is 0 Å². The molecule has 0 atom stereocenters. The van der Waals surface area contributed by atoms with E-state index in [4.69, 9.17) is 4.74 Å². The number of ether oxygens (including phenoxy) is 1. The van der Waals surface area contributed by atoms with Gasteiger partial charge in [0.25, 0.3) is 0 Å². The quantitative estimate of drug-likeness (QED) is 0.849. The van der Waals surface area contributed by atoms with Crippen molar-refractivity contribution < 1.29 is 4.74 Å². The van der Waals surface area contributed by atoms with E-state index < -0.39 is 0 Å². The molecule has 3 heterocycles. The van der Waals surface area contributed by atoms with Gasteiger partial charge in [-0.2, -0.15) is 4.98 Å². The van der Waals surface area contributed by atoms with Gasteiger partial charge in [-0.1, -0.05) is 0 Å². The third-order valence-electron chi connectivity index (χ3n) is 3.74. The molecule has 1 saturated heterocycles. The highest BCUT2D eigenvalue weighted by Crippen LogP contribution is 2.19. The smallest absolute Gasteiger partial charge is 0.228 e. The van der Waals surface area contributed by atoms with Crippen molar-refractivity contribution in [3.05, 3.63) is 29.8 Å². The molecule has 0 N–H and O–H groups in total. The molecule has 0 aliphatic carbocycles. The van der Waals surface area contributed by atoms with Gasteiger partial charge < -0.3 is 14.5 Å². The van der Waals surface area contributed by atoms with Crippen molar-refractivity contribution in [1.82, 2.24) is 19.9 Å². The van der Waals surface area contributed by atoms with E-state index in [0.717, 1.165) is 49.3 Å². The van der Waals surface area contributed by atoms with Crippen LogP contribution in [0.25, 0.3) is 0 Å². The predicted octanol–water partition coefficient (Wildman–Crippen LogP) is 1.61. The summed E-state index contributed by atoms with van der Waals surface area (Å²) >= 11 is 0. The Labute approximate surface area is 136 Å². The molecule has 7 nitrogen and oxygen atoms in total. The fraction of sp³-hybridized carbons (Fsp3) is 0.500. The minimum absolute atomic E-state index is 0.607. The van der Waals surface area contributed by atoms with Crippen LogP contribution in [0.2, 0.25) is 0 Å². The summed E-state index contributed by atoms with van der Waals surface area (Å²) in [4.78, 5) is 22.2. The molecule has 0 radical (unpaired) electrons. The first-order valence-electron chi connectivity index (χ1n) is 7.92. The lowest BCUT2D eigenvalue weighted by molar-refractivity contribution is 0.325. The molecule has 1 aliphatic heterocycles. The number of aryl methyl sites for hydroxylation is 2. The van der Waals surface area contributed by atoms with Crippen molar-refractivity contribution in [3.63, 3.8) is 0 Å². The van der Waals surface area contributed by atoms with Gasteiger partial charge in [-0.25, -0.2) is 9.97 Å². The predicted molar refractivity (Wildman–Crippen MR) is 89.1 cm³/mol. The lowest BCUT2D eigenvalue weighted by Crippen LogP contribution is -2.47. The van der Waals surface area contributed by atoms with E-state index in [-0.39, 0.29) is 0 Å². The lowest BCUT2D eigenvalue weighted by atomic mass is 10.3. The van der Waals surface area contributed by atoms with Crippen molar-refractivity contribution in [1.29, 1.82) is 0 Å². The minimum Gasteiger partial charge on any atom is -0.478 e. The number of piperazine rings is 1. The zero-order valence-corrected chi connectivity index (χ0v) is 13.9. The first kappa shape index (κ1) is 15.5. The van der Waals surface area contributed by atoms with E-state index in [0.29, 0.717) is 12.5 Å². The number of hydrogen-bond donors (Lipinski definition) is 0. The number of hydrogen-bond acceptors (Lipinski definition) is 7. The maximum absolute atomic E-state index is 5.52. The molecular formula is C16H22N6O. The Balaban J connectivity index is 1.69. The molecule has 0 aromatic carbocycles. The van der Waals surface area contributed by atoms with Crippen LogP contribution in [0.1, 0.15) is 18.3 Å². The van der Waals surface area contributed by atoms with Crippen LogP contribution in [0.5, 0.6) is 5.88 Å². The summed E-state index contributed by atoms with van der Waals surface area (Å²) in [5.41, 5.74) is 1.86. The molecule has 0 spiro atoms. The van der Waals surface area contributed by atoms with E-state index in [1.165, 1.54) is 0 Å². The average Bonchev–Trinajstić information content (AvgIpc) is 2.55. The summed E-state index contributed by atoms with van der Waals surface area (Å²) < 4.78 is 5.52. The highest BCUT2D eigenvalue weighted by Gasteiger charge is 2.21. The van der Waals surface area contributed by atoms with Crippen LogP contribution in [0.3, 0.4) is 0 Å². The highest BCUT2D eigenvalue weighted by atomic mass is 16.5. The molecule has 0 bridgehead atoms. The summed E-state index contributed by atoms with van der Waals surface area (Å²) in [6.45, 7) is 9.94. The first-order chi connectivity index (χ1) is 11.2. The van der Waals surface area contributed by atoms with Crippen molar-refractivity contribution in [2.24, 2.45) is 0 Å². The SMILES string of the molecule is CCOc1cc(C)nc(N2CCN(c3cncc(C)n3)CC2)n1. The molecule has 0 unspecified atom stereocenters. The van der Waals surface area contributed by atoms with Gasteiger partial charge in [-0.15, -0.1) is 0 Å². The molecular weight excluding hydrogens is 292 g/mol. The zero-order valence-electron chi connectivity index (χ0n) is 13.9. The monoisotopic (exact) mass is 314 g/mol. The Hall–Kier alpha value is -2.44. The Morgan fingerprint density at radius 2 is 1.70 bits per heavy atom. The van der Waals surface area contributed by atoms with Gasteiger partial charge in [0.15, 0.2) is 0 Å². The van der Waals surface area contributed by atoms with Gasteiger partial charge in [-0.3, -0.25) is 4.98 Å². The summed E-state index contributed by atoms with van der Waals surface area (Å²) in [5, 5.41) is 0. The van der Waals surface area contributed by atoms with Gasteiger partial charge in [0.05, 0.1) is 18.5 Å². The maximum atomic E-state index is 5.52. The molecule has 122 valence electrons. The third kappa shape index (κ3) is 3.67. The molecule has 2 aromatic rings. The van der Waals surface area contributed by atoms with Crippen molar-refractivity contribution >= 4 is 11.8 Å². The van der Waals surface area contributed by atoms with Crippen LogP contribution in [0.15, 0.2) is 18.5 Å². The van der Waals surface area contributed by atoms with Crippen molar-refractivity contribution in [2.75, 3.05) is 42.6 Å². The minimum atomic E-state index is 0.607. The van der Waals surface area contributed by atoms with Crippen LogP contribution in [0.4, 0.5) is 11.8 Å². The Kier molecular flexibility index (Phi) is 4.55. The second-order valence-corrected chi connectivity index (χ2v) is 5.57. The molecule has 0 saturated carbocycles. The van der Waals surface area contributed by atoms with Gasteiger partial charge in [0.2, 0.25) is 11.8 Å². The van der Waals surface area contributed by atoms with Crippen molar-refractivity contribution in [3.8, 4) is 5.88 Å². The fourth-order valence-electron chi connectivity index (χ4n) is 2.63. The molecule has 7 heteroatoms. The second kappa shape index (κ2) is 6.76. The van der Waals surface area contributed by atoms with Crippen molar-refractivity contribution in [2.45, 2.75) is 20.8 Å². The zero-order chi connectivity index (χ0) is 16.2. The number of rotatable bonds is 4. The Morgan fingerprint density at radius 1 is 0.957 bits per heavy atom. The summed E-state index contributed by atoms with van der Waals surface area (Å²) in [7, 11) is 0. The summed E-state index contributed by atoms with van der Waals surface area (Å²) in [6, 6.07) is 1.87. The van der Waals surface area contributed by atoms with Crippen LogP contribution in [-0.2, 0) is 0 Å². The average molecular weight is 314 g/mol. The Bertz CT molecular complexity index is 669. The molecule has 1 fully saturated rings. The normalized spacial score (nSPS) is 14.9. The fourth-order valence-corrected chi connectivity index (χ4v) is 2.63. The van der Waals surface area contributed by atoms with Gasteiger partial charge in [0.1, 0.15) is 5.82 Å². The summed E-state index contributed by atoms with van der Waals surface area (Å²) in [6.07, 6.45) is 3.59. The largest absolute Gasteiger partial charge is 0.478 e. The molecule has 3 rings (SSSR count). The van der Waals surface area contributed by atoms with E-state index in [2.05, 4.69) is 29.7 Å². The molecule has 2 aromatic heterocycles. The third-order valence-corrected chi connectivity index (χ3v) is 3.74. The second-order valence-electron chi connectivity index (χ2n) is 5.57. The highest BCUT2D eigenvalue weighted by molar-refractivity contribution is 5.42. The number of aromatic nitrogens is 4. The lowest BCUT2D eigenvalue weighted by Gasteiger charge is -2.35. The van der Waals surface area contributed by atoms with E-state index >= 15 is 0 Å². The molecule has 1 aliphatic rings.